The summed E-state index contributed by atoms with van der Waals surface area (Å²) in [4.78, 5) is 0. The molecule has 0 aliphatic carbocycles. The van der Waals surface area contributed by atoms with Crippen LogP contribution < -0.4 is 5.32 Å². The normalized spacial score (nSPS) is 12.7. The third kappa shape index (κ3) is 2.48. The van der Waals surface area contributed by atoms with Crippen LogP contribution in [0.4, 0.5) is 8.78 Å². The molecule has 0 amide bonds. The Hall–Kier alpha value is -1.39. The molecule has 17 heavy (non-hydrogen) atoms. The first kappa shape index (κ1) is 12.1. The summed E-state index contributed by atoms with van der Waals surface area (Å²) >= 11 is 5.66. The van der Waals surface area contributed by atoms with E-state index < -0.39 is 17.7 Å². The maximum Gasteiger partial charge on any atom is 0.193 e. The van der Waals surface area contributed by atoms with Crippen molar-refractivity contribution in [1.29, 1.82) is 0 Å². The third-order valence-electron chi connectivity index (χ3n) is 2.44. The van der Waals surface area contributed by atoms with Crippen LogP contribution in [0.5, 0.6) is 0 Å². The van der Waals surface area contributed by atoms with Crippen LogP contribution in [0.15, 0.2) is 34.7 Å². The highest BCUT2D eigenvalue weighted by Crippen LogP contribution is 2.27. The van der Waals surface area contributed by atoms with E-state index >= 15 is 0 Å². The Labute approximate surface area is 102 Å². The van der Waals surface area contributed by atoms with Gasteiger partial charge in [-0.25, -0.2) is 8.78 Å². The fourth-order valence-corrected chi connectivity index (χ4v) is 1.82. The predicted octanol–water partition coefficient (Wildman–Crippen LogP) is 3.52. The van der Waals surface area contributed by atoms with Gasteiger partial charge in [-0.3, -0.25) is 0 Å². The standard InChI is InChI=1S/C12H10ClF2NO/c1-16-12(10-4-5-11(13)17-10)8-6-7(14)2-3-9(8)15/h2-6,12,16H,1H3. The van der Waals surface area contributed by atoms with Crippen LogP contribution in [0.3, 0.4) is 0 Å². The van der Waals surface area contributed by atoms with E-state index in [2.05, 4.69) is 5.32 Å². The van der Waals surface area contributed by atoms with Gasteiger partial charge in [0, 0.05) is 5.56 Å². The minimum Gasteiger partial charge on any atom is -0.448 e. The van der Waals surface area contributed by atoms with Gasteiger partial charge in [-0.1, -0.05) is 0 Å². The Bertz CT molecular complexity index is 527. The van der Waals surface area contributed by atoms with Crippen LogP contribution in [0.1, 0.15) is 17.4 Å². The van der Waals surface area contributed by atoms with Crippen LogP contribution in [-0.4, -0.2) is 7.05 Å². The van der Waals surface area contributed by atoms with E-state index in [4.69, 9.17) is 16.0 Å². The van der Waals surface area contributed by atoms with Crippen molar-refractivity contribution in [2.45, 2.75) is 6.04 Å². The van der Waals surface area contributed by atoms with Crippen LogP contribution in [0, 0.1) is 11.6 Å². The van der Waals surface area contributed by atoms with Gasteiger partial charge in [-0.15, -0.1) is 0 Å². The fourth-order valence-electron chi connectivity index (χ4n) is 1.67. The zero-order chi connectivity index (χ0) is 12.4. The molecule has 1 unspecified atom stereocenters. The number of rotatable bonds is 3. The Morgan fingerprint density at radius 2 is 2.00 bits per heavy atom. The van der Waals surface area contributed by atoms with Crippen LogP contribution in [-0.2, 0) is 0 Å². The molecular formula is C12H10ClF2NO. The van der Waals surface area contributed by atoms with Gasteiger partial charge >= 0.3 is 0 Å². The molecule has 0 fully saturated rings. The zero-order valence-electron chi connectivity index (χ0n) is 9.01. The second-order valence-corrected chi connectivity index (χ2v) is 3.90. The number of nitrogens with one attached hydrogen (secondary N) is 1. The zero-order valence-corrected chi connectivity index (χ0v) is 9.76. The summed E-state index contributed by atoms with van der Waals surface area (Å²) in [6.07, 6.45) is 0. The topological polar surface area (TPSA) is 25.2 Å². The van der Waals surface area contributed by atoms with E-state index in [1.165, 1.54) is 0 Å². The Kier molecular flexibility index (Phi) is 3.45. The maximum absolute atomic E-state index is 13.6. The maximum atomic E-state index is 13.6. The number of furan rings is 1. The molecule has 2 rings (SSSR count). The Morgan fingerprint density at radius 1 is 1.24 bits per heavy atom. The molecule has 5 heteroatoms. The molecule has 1 atom stereocenters. The summed E-state index contributed by atoms with van der Waals surface area (Å²) in [6.45, 7) is 0. The third-order valence-corrected chi connectivity index (χ3v) is 2.64. The molecule has 2 nitrogen and oxygen atoms in total. The van der Waals surface area contributed by atoms with Crippen LogP contribution in [0.2, 0.25) is 5.22 Å². The molecule has 1 N–H and O–H groups in total. The number of halogens is 3. The summed E-state index contributed by atoms with van der Waals surface area (Å²) in [7, 11) is 1.63. The lowest BCUT2D eigenvalue weighted by Crippen LogP contribution is -2.18. The van der Waals surface area contributed by atoms with E-state index in [9.17, 15) is 8.78 Å². The van der Waals surface area contributed by atoms with E-state index in [0.717, 1.165) is 18.2 Å². The van der Waals surface area contributed by atoms with Gasteiger partial charge in [0.15, 0.2) is 5.22 Å². The molecule has 1 aromatic carbocycles. The summed E-state index contributed by atoms with van der Waals surface area (Å²) in [6, 6.07) is 5.89. The van der Waals surface area contributed by atoms with Crippen LogP contribution >= 0.6 is 11.6 Å². The number of hydrogen-bond donors (Lipinski definition) is 1. The van der Waals surface area contributed by atoms with Gasteiger partial charge in [0.1, 0.15) is 17.4 Å². The average Bonchev–Trinajstić information content (AvgIpc) is 2.71. The molecule has 0 aliphatic rings. The van der Waals surface area contributed by atoms with Gasteiger partial charge in [0.05, 0.1) is 6.04 Å². The van der Waals surface area contributed by atoms with E-state index in [0.29, 0.717) is 5.76 Å². The summed E-state index contributed by atoms with van der Waals surface area (Å²) in [5, 5.41) is 3.06. The first-order valence-corrected chi connectivity index (χ1v) is 5.37. The SMILES string of the molecule is CNC(c1ccc(Cl)o1)c1cc(F)ccc1F. The highest BCUT2D eigenvalue weighted by Gasteiger charge is 2.20. The second kappa shape index (κ2) is 4.85. The first-order chi connectivity index (χ1) is 8.11. The molecule has 90 valence electrons. The lowest BCUT2D eigenvalue weighted by molar-refractivity contribution is 0.452. The summed E-state index contributed by atoms with van der Waals surface area (Å²) in [5.41, 5.74) is 0.179. The van der Waals surface area contributed by atoms with Gasteiger partial charge in [-0.2, -0.15) is 0 Å². The Morgan fingerprint density at radius 3 is 2.59 bits per heavy atom. The smallest absolute Gasteiger partial charge is 0.193 e. The summed E-state index contributed by atoms with van der Waals surface area (Å²) in [5.74, 6) is -0.570. The quantitative estimate of drug-likeness (QED) is 0.910. The van der Waals surface area contributed by atoms with Crippen molar-refractivity contribution >= 4 is 11.6 Å². The number of hydrogen-bond acceptors (Lipinski definition) is 2. The lowest BCUT2D eigenvalue weighted by atomic mass is 10.0. The highest BCUT2D eigenvalue weighted by molar-refractivity contribution is 6.28. The monoisotopic (exact) mass is 257 g/mol. The molecule has 1 aromatic heterocycles. The lowest BCUT2D eigenvalue weighted by Gasteiger charge is -2.14. The minimum atomic E-state index is -0.571. The minimum absolute atomic E-state index is 0.179. The van der Waals surface area contributed by atoms with E-state index in [-0.39, 0.29) is 10.8 Å². The van der Waals surface area contributed by atoms with Gasteiger partial charge < -0.3 is 9.73 Å². The molecule has 0 bridgehead atoms. The molecule has 1 heterocycles. The first-order valence-electron chi connectivity index (χ1n) is 4.99. The van der Waals surface area contributed by atoms with Crippen molar-refractivity contribution in [2.24, 2.45) is 0 Å². The molecule has 2 aromatic rings. The van der Waals surface area contributed by atoms with Crippen LogP contribution in [0.25, 0.3) is 0 Å². The van der Waals surface area contributed by atoms with Crippen molar-refractivity contribution in [1.82, 2.24) is 5.32 Å². The highest BCUT2D eigenvalue weighted by atomic mass is 35.5. The van der Waals surface area contributed by atoms with E-state index in [1.807, 2.05) is 0 Å². The van der Waals surface area contributed by atoms with Crippen molar-refractivity contribution in [3.05, 3.63) is 58.5 Å². The molecular weight excluding hydrogens is 248 g/mol. The largest absolute Gasteiger partial charge is 0.448 e. The van der Waals surface area contributed by atoms with Gasteiger partial charge in [0.25, 0.3) is 0 Å². The van der Waals surface area contributed by atoms with Crippen molar-refractivity contribution in [3.63, 3.8) is 0 Å². The number of benzene rings is 1. The molecule has 0 saturated carbocycles. The summed E-state index contributed by atoms with van der Waals surface area (Å²) < 4.78 is 31.9. The average molecular weight is 258 g/mol. The molecule has 0 radical (unpaired) electrons. The molecule has 0 aliphatic heterocycles. The fraction of sp³-hybridized carbons (Fsp3) is 0.167. The van der Waals surface area contributed by atoms with Gasteiger partial charge in [-0.05, 0) is 49.0 Å². The second-order valence-electron chi connectivity index (χ2n) is 3.53. The van der Waals surface area contributed by atoms with E-state index in [1.54, 1.807) is 19.2 Å². The Balaban J connectivity index is 2.45. The van der Waals surface area contributed by atoms with Crippen molar-refractivity contribution < 1.29 is 13.2 Å². The van der Waals surface area contributed by atoms with Crippen molar-refractivity contribution in [3.8, 4) is 0 Å². The van der Waals surface area contributed by atoms with Crippen molar-refractivity contribution in [2.75, 3.05) is 7.05 Å². The molecule has 0 saturated heterocycles. The molecule has 0 spiro atoms. The van der Waals surface area contributed by atoms with Gasteiger partial charge in [0.2, 0.25) is 0 Å². The predicted molar refractivity (Wildman–Crippen MR) is 61.0 cm³/mol.